The quantitative estimate of drug-likeness (QED) is 0.238. The van der Waals surface area contributed by atoms with Crippen molar-refractivity contribution in [2.45, 2.75) is 37.0 Å². The van der Waals surface area contributed by atoms with Crippen LogP contribution in [0.3, 0.4) is 0 Å². The zero-order valence-corrected chi connectivity index (χ0v) is 21.0. The van der Waals surface area contributed by atoms with Crippen molar-refractivity contribution in [3.63, 3.8) is 0 Å². The van der Waals surface area contributed by atoms with E-state index >= 15 is 0 Å². The van der Waals surface area contributed by atoms with Crippen LogP contribution in [-0.4, -0.2) is 38.4 Å². The van der Waals surface area contributed by atoms with Gasteiger partial charge in [-0.15, -0.1) is 5.10 Å². The molecule has 3 aromatic heterocycles. The van der Waals surface area contributed by atoms with Crippen LogP contribution in [0, 0.1) is 6.92 Å². The smallest absolute Gasteiger partial charge is 0.436 e. The molecule has 4 rings (SSSR count). The molecule has 1 aromatic carbocycles. The molecule has 13 heteroatoms. The van der Waals surface area contributed by atoms with Crippen molar-refractivity contribution in [1.29, 1.82) is 0 Å². The molecule has 0 saturated carbocycles. The van der Waals surface area contributed by atoms with Crippen LogP contribution < -0.4 is 10.6 Å². The Morgan fingerprint density at radius 2 is 1.86 bits per heavy atom. The van der Waals surface area contributed by atoms with Gasteiger partial charge in [0.15, 0.2) is 17.4 Å². The molecule has 0 atom stereocenters. The van der Waals surface area contributed by atoms with Crippen LogP contribution >= 0.6 is 11.8 Å². The number of amides is 1. The summed E-state index contributed by atoms with van der Waals surface area (Å²) < 4.78 is 45.7. The van der Waals surface area contributed by atoms with E-state index in [2.05, 4.69) is 35.1 Å². The van der Waals surface area contributed by atoms with Crippen LogP contribution in [0.2, 0.25) is 0 Å². The van der Waals surface area contributed by atoms with Crippen molar-refractivity contribution in [1.82, 2.24) is 19.6 Å². The Labute approximate surface area is 213 Å². The van der Waals surface area contributed by atoms with Gasteiger partial charge in [0.05, 0.1) is 0 Å². The Kier molecular flexibility index (Phi) is 7.34. The summed E-state index contributed by atoms with van der Waals surface area (Å²) in [6, 6.07) is 10.2. The Balaban J connectivity index is 1.52. The Hall–Kier alpha value is -4.13. The number of amidine groups is 1. The number of halogens is 3. The summed E-state index contributed by atoms with van der Waals surface area (Å²) in [6.07, 6.45) is -1.13. The zero-order chi connectivity index (χ0) is 26.7. The topological polar surface area (TPSA) is 110 Å². The average Bonchev–Trinajstić information content (AvgIpc) is 3.46. The second kappa shape index (κ2) is 10.5. The molecule has 0 aliphatic rings. The number of anilines is 2. The summed E-state index contributed by atoms with van der Waals surface area (Å²) >= 11 is 1.27. The molecular formula is C24H22F3N7O2S. The predicted octanol–water partition coefficient (Wildman–Crippen LogP) is 5.85. The molecule has 192 valence electrons. The molecule has 9 nitrogen and oxygen atoms in total. The number of aliphatic imine (C=N–C) groups is 1. The molecule has 4 aromatic rings. The van der Waals surface area contributed by atoms with Crippen molar-refractivity contribution in [3.8, 4) is 0 Å². The van der Waals surface area contributed by atoms with Gasteiger partial charge in [0.2, 0.25) is 10.9 Å². The summed E-state index contributed by atoms with van der Waals surface area (Å²) in [6.45, 7) is 5.17. The standard InChI is InChI=1S/C24H22F3N7O2S/c1-13(2)12-18(28-4)31-21-17-6-5-11-34(17)33-23(32-21)37-16-9-7-15(8-10-16)30-22(35)19-20(24(25,26)27)36-14(3)29-19/h5-12H,1-4H3,(H,30,35)(H,28,31,32,33). The van der Waals surface area contributed by atoms with Crippen molar-refractivity contribution in [2.75, 3.05) is 17.7 Å². The number of aromatic nitrogens is 4. The minimum atomic E-state index is -4.83. The maximum Gasteiger partial charge on any atom is 0.452 e. The van der Waals surface area contributed by atoms with Crippen LogP contribution in [0.15, 0.2) is 73.7 Å². The maximum atomic E-state index is 13.1. The van der Waals surface area contributed by atoms with E-state index in [1.54, 1.807) is 42.0 Å². The summed E-state index contributed by atoms with van der Waals surface area (Å²) in [5, 5.41) is 10.6. The number of benzene rings is 1. The lowest BCUT2D eigenvalue weighted by Crippen LogP contribution is -2.18. The number of aryl methyl sites for hydroxylation is 1. The van der Waals surface area contributed by atoms with E-state index in [0.717, 1.165) is 16.0 Å². The predicted molar refractivity (Wildman–Crippen MR) is 134 cm³/mol. The first kappa shape index (κ1) is 25.9. The van der Waals surface area contributed by atoms with Crippen LogP contribution in [0.5, 0.6) is 0 Å². The van der Waals surface area contributed by atoms with Crippen LogP contribution in [0.4, 0.5) is 24.7 Å². The lowest BCUT2D eigenvalue weighted by atomic mass is 10.2. The van der Waals surface area contributed by atoms with Gasteiger partial charge in [0, 0.05) is 30.8 Å². The molecule has 0 saturated heterocycles. The van der Waals surface area contributed by atoms with Crippen molar-refractivity contribution < 1.29 is 22.4 Å². The Bertz CT molecular complexity index is 1500. The highest BCUT2D eigenvalue weighted by Crippen LogP contribution is 2.33. The minimum absolute atomic E-state index is 0.254. The molecule has 3 heterocycles. The first-order valence-electron chi connectivity index (χ1n) is 10.9. The highest BCUT2D eigenvalue weighted by atomic mass is 32.2. The number of carbonyl (C=O) groups is 1. The van der Waals surface area contributed by atoms with E-state index in [-0.39, 0.29) is 11.6 Å². The number of nitrogens with zero attached hydrogens (tertiary/aromatic N) is 5. The van der Waals surface area contributed by atoms with Crippen molar-refractivity contribution in [3.05, 3.63) is 71.6 Å². The first-order chi connectivity index (χ1) is 17.5. The second-order valence-corrected chi connectivity index (χ2v) is 9.07. The van der Waals surface area contributed by atoms with Crippen LogP contribution in [0.25, 0.3) is 5.52 Å². The second-order valence-electron chi connectivity index (χ2n) is 8.03. The van der Waals surface area contributed by atoms with Gasteiger partial charge >= 0.3 is 6.18 Å². The molecule has 37 heavy (non-hydrogen) atoms. The number of carbonyl (C=O) groups excluding carboxylic acids is 1. The average molecular weight is 530 g/mol. The van der Waals surface area contributed by atoms with Crippen molar-refractivity contribution in [2.24, 2.45) is 4.99 Å². The van der Waals surface area contributed by atoms with Gasteiger partial charge in [0.1, 0.15) is 11.4 Å². The molecule has 0 unspecified atom stereocenters. The summed E-state index contributed by atoms with van der Waals surface area (Å²) in [4.78, 5) is 25.6. The number of fused-ring (bicyclic) bond motifs is 1. The maximum absolute atomic E-state index is 13.1. The van der Waals surface area contributed by atoms with Crippen LogP contribution in [0.1, 0.15) is 36.0 Å². The molecule has 0 aliphatic carbocycles. The molecule has 0 radical (unpaired) electrons. The number of allylic oxidation sites excluding steroid dienone is 1. The third-order valence-corrected chi connectivity index (χ3v) is 5.68. The van der Waals surface area contributed by atoms with E-state index < -0.39 is 23.5 Å². The minimum Gasteiger partial charge on any atom is -0.436 e. The molecule has 0 spiro atoms. The summed E-state index contributed by atoms with van der Waals surface area (Å²) in [5.41, 5.74) is 1.31. The molecule has 1 amide bonds. The van der Waals surface area contributed by atoms with Gasteiger partial charge in [-0.1, -0.05) is 5.57 Å². The van der Waals surface area contributed by atoms with Gasteiger partial charge in [-0.2, -0.15) is 13.2 Å². The fourth-order valence-corrected chi connectivity index (χ4v) is 4.02. The highest BCUT2D eigenvalue weighted by molar-refractivity contribution is 7.99. The largest absolute Gasteiger partial charge is 0.452 e. The van der Waals surface area contributed by atoms with Crippen molar-refractivity contribution >= 4 is 40.5 Å². The number of hydrogen-bond donors (Lipinski definition) is 2. The number of hydrogen-bond acceptors (Lipinski definition) is 7. The van der Waals surface area contributed by atoms with E-state index in [1.807, 2.05) is 32.1 Å². The third-order valence-electron chi connectivity index (χ3n) is 4.81. The lowest BCUT2D eigenvalue weighted by molar-refractivity contribution is -0.153. The summed E-state index contributed by atoms with van der Waals surface area (Å²) in [5.74, 6) is -1.48. The number of rotatable bonds is 6. The molecule has 0 fully saturated rings. The SMILES string of the molecule is CN=C(C=C(C)C)Nc1nc(Sc2ccc(NC(=O)c3nc(C)oc3C(F)(F)F)cc2)nn2cccc12. The highest BCUT2D eigenvalue weighted by Gasteiger charge is 2.41. The van der Waals surface area contributed by atoms with Gasteiger partial charge in [0.25, 0.3) is 5.91 Å². The molecular weight excluding hydrogens is 507 g/mol. The fourth-order valence-electron chi connectivity index (χ4n) is 3.28. The number of nitrogens with one attached hydrogen (secondary N) is 2. The van der Waals surface area contributed by atoms with Gasteiger partial charge < -0.3 is 15.1 Å². The van der Waals surface area contributed by atoms with Gasteiger partial charge in [-0.3, -0.25) is 9.79 Å². The van der Waals surface area contributed by atoms with Gasteiger partial charge in [-0.05, 0) is 68.1 Å². The third kappa shape index (κ3) is 6.17. The zero-order valence-electron chi connectivity index (χ0n) is 20.2. The molecule has 0 bridgehead atoms. The van der Waals surface area contributed by atoms with E-state index in [4.69, 9.17) is 0 Å². The lowest BCUT2D eigenvalue weighted by Gasteiger charge is -2.10. The number of alkyl halides is 3. The number of oxazole rings is 1. The van der Waals surface area contributed by atoms with E-state index in [0.29, 0.717) is 16.8 Å². The van der Waals surface area contributed by atoms with E-state index in [1.165, 1.54) is 18.7 Å². The molecule has 2 N–H and O–H groups in total. The van der Waals surface area contributed by atoms with Crippen LogP contribution in [-0.2, 0) is 6.18 Å². The Morgan fingerprint density at radius 3 is 2.51 bits per heavy atom. The fraction of sp³-hybridized carbons (Fsp3) is 0.208. The Morgan fingerprint density at radius 1 is 1.14 bits per heavy atom. The summed E-state index contributed by atoms with van der Waals surface area (Å²) in [7, 11) is 1.68. The molecule has 0 aliphatic heterocycles. The normalized spacial score (nSPS) is 12.0. The monoisotopic (exact) mass is 529 g/mol. The first-order valence-corrected chi connectivity index (χ1v) is 11.7. The van der Waals surface area contributed by atoms with E-state index in [9.17, 15) is 18.0 Å². The van der Waals surface area contributed by atoms with Gasteiger partial charge in [-0.25, -0.2) is 14.5 Å².